The topological polar surface area (TPSA) is 38.8 Å². The summed E-state index contributed by atoms with van der Waals surface area (Å²) < 4.78 is 10.8. The molecule has 5 heteroatoms. The second-order valence-corrected chi connectivity index (χ2v) is 7.92. The predicted molar refractivity (Wildman–Crippen MR) is 107 cm³/mol. The van der Waals surface area contributed by atoms with Gasteiger partial charge in [0.25, 0.3) is 5.91 Å². The first-order chi connectivity index (χ1) is 13.2. The Morgan fingerprint density at radius 2 is 1.85 bits per heavy atom. The summed E-state index contributed by atoms with van der Waals surface area (Å²) in [7, 11) is 0. The standard InChI is InChI=1S/C22H21NO3S/c1-16-7-9-19(27-16)14-23(12-11-17-5-3-2-4-6-17)22(24)18-8-10-20-21(13-18)26-15-25-20/h2-10,13H,11-12,14-15H2,1H3. The largest absolute Gasteiger partial charge is 0.454 e. The first kappa shape index (κ1) is 17.6. The average Bonchev–Trinajstić information content (AvgIpc) is 3.33. The maximum atomic E-state index is 13.2. The normalized spacial score (nSPS) is 12.2. The quantitative estimate of drug-likeness (QED) is 0.625. The molecule has 0 radical (unpaired) electrons. The molecule has 1 amide bonds. The maximum Gasteiger partial charge on any atom is 0.254 e. The zero-order valence-electron chi connectivity index (χ0n) is 15.2. The lowest BCUT2D eigenvalue weighted by molar-refractivity contribution is 0.0746. The van der Waals surface area contributed by atoms with E-state index in [1.54, 1.807) is 23.5 Å². The van der Waals surface area contributed by atoms with Gasteiger partial charge >= 0.3 is 0 Å². The number of fused-ring (bicyclic) bond motifs is 1. The summed E-state index contributed by atoms with van der Waals surface area (Å²) in [5.74, 6) is 1.34. The van der Waals surface area contributed by atoms with Crippen molar-refractivity contribution < 1.29 is 14.3 Å². The summed E-state index contributed by atoms with van der Waals surface area (Å²) in [5, 5.41) is 0. The van der Waals surface area contributed by atoms with Gasteiger partial charge in [0.05, 0.1) is 6.54 Å². The summed E-state index contributed by atoms with van der Waals surface area (Å²) >= 11 is 1.73. The Balaban J connectivity index is 1.55. The van der Waals surface area contributed by atoms with E-state index in [2.05, 4.69) is 31.2 Å². The lowest BCUT2D eigenvalue weighted by atomic mass is 10.1. The minimum Gasteiger partial charge on any atom is -0.454 e. The molecule has 3 aromatic rings. The van der Waals surface area contributed by atoms with Crippen LogP contribution in [0.15, 0.2) is 60.7 Å². The predicted octanol–water partition coefficient (Wildman–Crippen LogP) is 4.67. The third-order valence-corrected chi connectivity index (χ3v) is 5.55. The number of aryl methyl sites for hydroxylation is 1. The molecule has 138 valence electrons. The van der Waals surface area contributed by atoms with Crippen molar-refractivity contribution in [3.8, 4) is 11.5 Å². The molecule has 2 aromatic carbocycles. The molecule has 0 unspecified atom stereocenters. The molecule has 0 aliphatic carbocycles. The maximum absolute atomic E-state index is 13.2. The van der Waals surface area contributed by atoms with Crippen molar-refractivity contribution in [2.45, 2.75) is 19.9 Å². The van der Waals surface area contributed by atoms with Crippen LogP contribution in [0.3, 0.4) is 0 Å². The molecule has 4 rings (SSSR count). The van der Waals surface area contributed by atoms with E-state index in [0.29, 0.717) is 30.2 Å². The van der Waals surface area contributed by atoms with Gasteiger partial charge in [-0.25, -0.2) is 0 Å². The SMILES string of the molecule is Cc1ccc(CN(CCc2ccccc2)C(=O)c2ccc3c(c2)OCO3)s1. The van der Waals surface area contributed by atoms with Gasteiger partial charge in [0, 0.05) is 21.9 Å². The van der Waals surface area contributed by atoms with E-state index < -0.39 is 0 Å². The molecule has 0 bridgehead atoms. The Morgan fingerprint density at radius 3 is 2.63 bits per heavy atom. The van der Waals surface area contributed by atoms with Gasteiger partial charge in [-0.1, -0.05) is 30.3 Å². The van der Waals surface area contributed by atoms with E-state index in [1.807, 2.05) is 29.2 Å². The fraction of sp³-hybridized carbons (Fsp3) is 0.227. The molecule has 0 fully saturated rings. The highest BCUT2D eigenvalue weighted by molar-refractivity contribution is 7.11. The number of nitrogens with zero attached hydrogens (tertiary/aromatic N) is 1. The minimum atomic E-state index is 0.00952. The average molecular weight is 379 g/mol. The van der Waals surface area contributed by atoms with Gasteiger partial charge in [0.2, 0.25) is 6.79 Å². The third-order valence-electron chi connectivity index (χ3n) is 4.56. The number of hydrogen-bond acceptors (Lipinski definition) is 4. The van der Waals surface area contributed by atoms with Gasteiger partial charge in [-0.15, -0.1) is 11.3 Å². The number of amides is 1. The molecule has 0 atom stereocenters. The lowest BCUT2D eigenvalue weighted by Gasteiger charge is -2.22. The molecule has 0 saturated heterocycles. The smallest absolute Gasteiger partial charge is 0.254 e. The Bertz CT molecular complexity index is 936. The van der Waals surface area contributed by atoms with Crippen LogP contribution in [0.5, 0.6) is 11.5 Å². The van der Waals surface area contributed by atoms with Crippen LogP contribution in [0.2, 0.25) is 0 Å². The van der Waals surface area contributed by atoms with Crippen LogP contribution in [-0.4, -0.2) is 24.1 Å². The van der Waals surface area contributed by atoms with Gasteiger partial charge in [-0.05, 0) is 49.2 Å². The summed E-state index contributed by atoms with van der Waals surface area (Å²) in [6, 6.07) is 19.8. The van der Waals surface area contributed by atoms with E-state index >= 15 is 0 Å². The van der Waals surface area contributed by atoms with Crippen molar-refractivity contribution in [2.75, 3.05) is 13.3 Å². The van der Waals surface area contributed by atoms with Gasteiger partial charge in [-0.2, -0.15) is 0 Å². The molecule has 1 aliphatic rings. The van der Waals surface area contributed by atoms with Crippen molar-refractivity contribution in [1.82, 2.24) is 4.90 Å². The molecular weight excluding hydrogens is 358 g/mol. The van der Waals surface area contributed by atoms with Crippen molar-refractivity contribution >= 4 is 17.2 Å². The number of rotatable bonds is 6. The number of thiophene rings is 1. The Kier molecular flexibility index (Phi) is 5.12. The Labute approximate surface area is 163 Å². The summed E-state index contributed by atoms with van der Waals surface area (Å²) in [5.41, 5.74) is 1.85. The number of benzene rings is 2. The second-order valence-electron chi connectivity index (χ2n) is 6.54. The summed E-state index contributed by atoms with van der Waals surface area (Å²) in [6.07, 6.45) is 0.821. The van der Waals surface area contributed by atoms with E-state index in [4.69, 9.17) is 9.47 Å². The Morgan fingerprint density at radius 1 is 1.04 bits per heavy atom. The van der Waals surface area contributed by atoms with Gasteiger partial charge in [0.1, 0.15) is 0 Å². The van der Waals surface area contributed by atoms with Gasteiger partial charge in [0.15, 0.2) is 11.5 Å². The summed E-state index contributed by atoms with van der Waals surface area (Å²) in [4.78, 5) is 17.6. The van der Waals surface area contributed by atoms with Crippen LogP contribution in [0.25, 0.3) is 0 Å². The highest BCUT2D eigenvalue weighted by Crippen LogP contribution is 2.33. The minimum absolute atomic E-state index is 0.00952. The van der Waals surface area contributed by atoms with Crippen LogP contribution in [0.1, 0.15) is 25.7 Å². The van der Waals surface area contributed by atoms with Crippen molar-refractivity contribution in [3.63, 3.8) is 0 Å². The lowest BCUT2D eigenvalue weighted by Crippen LogP contribution is -2.32. The Hall–Kier alpha value is -2.79. The fourth-order valence-electron chi connectivity index (χ4n) is 3.13. The van der Waals surface area contributed by atoms with Crippen LogP contribution in [-0.2, 0) is 13.0 Å². The van der Waals surface area contributed by atoms with Crippen LogP contribution < -0.4 is 9.47 Å². The molecular formula is C22H21NO3S. The van der Waals surface area contributed by atoms with Crippen LogP contribution in [0.4, 0.5) is 0 Å². The monoisotopic (exact) mass is 379 g/mol. The third kappa shape index (κ3) is 4.14. The molecule has 1 aliphatic heterocycles. The zero-order valence-corrected chi connectivity index (χ0v) is 16.0. The van der Waals surface area contributed by atoms with Crippen molar-refractivity contribution in [2.24, 2.45) is 0 Å². The van der Waals surface area contributed by atoms with E-state index in [9.17, 15) is 4.79 Å². The van der Waals surface area contributed by atoms with Crippen molar-refractivity contribution in [1.29, 1.82) is 0 Å². The van der Waals surface area contributed by atoms with Crippen LogP contribution >= 0.6 is 11.3 Å². The van der Waals surface area contributed by atoms with Gasteiger partial charge < -0.3 is 14.4 Å². The fourth-order valence-corrected chi connectivity index (χ4v) is 4.04. The van der Waals surface area contributed by atoms with E-state index in [1.165, 1.54) is 15.3 Å². The highest BCUT2D eigenvalue weighted by atomic mass is 32.1. The van der Waals surface area contributed by atoms with Crippen molar-refractivity contribution in [3.05, 3.63) is 81.5 Å². The van der Waals surface area contributed by atoms with Gasteiger partial charge in [-0.3, -0.25) is 4.79 Å². The van der Waals surface area contributed by atoms with Crippen LogP contribution in [0, 0.1) is 6.92 Å². The molecule has 27 heavy (non-hydrogen) atoms. The molecule has 0 spiro atoms. The molecule has 4 nitrogen and oxygen atoms in total. The summed E-state index contributed by atoms with van der Waals surface area (Å²) in [6.45, 7) is 3.56. The molecule has 1 aromatic heterocycles. The molecule has 0 N–H and O–H groups in total. The number of carbonyl (C=O) groups is 1. The first-order valence-corrected chi connectivity index (χ1v) is 9.79. The number of hydrogen-bond donors (Lipinski definition) is 0. The molecule has 0 saturated carbocycles. The second kappa shape index (κ2) is 7.84. The number of ether oxygens (including phenoxy) is 2. The first-order valence-electron chi connectivity index (χ1n) is 8.97. The van der Waals surface area contributed by atoms with E-state index in [0.717, 1.165) is 6.42 Å². The van der Waals surface area contributed by atoms with E-state index in [-0.39, 0.29) is 12.7 Å². The number of carbonyl (C=O) groups excluding carboxylic acids is 1. The zero-order chi connectivity index (χ0) is 18.6. The molecule has 2 heterocycles. The highest BCUT2D eigenvalue weighted by Gasteiger charge is 2.21.